The first-order valence-corrected chi connectivity index (χ1v) is 13.3. The molecule has 0 bridgehead atoms. The van der Waals surface area contributed by atoms with E-state index in [2.05, 4.69) is 92.4 Å². The maximum atomic E-state index is 4.66. The number of aromatic amines is 2. The maximum absolute atomic E-state index is 4.66. The van der Waals surface area contributed by atoms with Crippen LogP contribution in [0.3, 0.4) is 0 Å². The minimum atomic E-state index is 0.416. The molecule has 2 saturated heterocycles. The summed E-state index contributed by atoms with van der Waals surface area (Å²) in [6, 6.07) is 18.3. The molecule has 4 aromatic rings. The standard InChI is InChI=1S/C28H32N6S/c1-33-15-3-5-25(33)27-29-17-23(31-27)19-7-11-21(12-8-19)35-22-13-9-20(10-14-22)24-18-30-28(32-24)26-6-4-16-34(26)2/h7-14,17-18,25-26H,3-6,15-16H2,1-2H3,(H,29,31)(H,30,32)/t25-,26-/m0/s1. The predicted octanol–water partition coefficient (Wildman–Crippen LogP) is 6.15. The molecule has 2 fully saturated rings. The third-order valence-corrected chi connectivity index (χ3v) is 8.45. The molecule has 0 radical (unpaired) electrons. The lowest BCUT2D eigenvalue weighted by atomic mass is 10.2. The van der Waals surface area contributed by atoms with E-state index in [-0.39, 0.29) is 0 Å². The lowest BCUT2D eigenvalue weighted by molar-refractivity contribution is 0.307. The Morgan fingerprint density at radius 1 is 0.686 bits per heavy atom. The number of nitrogens with one attached hydrogen (secondary N) is 2. The molecule has 4 heterocycles. The Morgan fingerprint density at radius 2 is 1.11 bits per heavy atom. The highest BCUT2D eigenvalue weighted by Gasteiger charge is 2.26. The molecule has 2 N–H and O–H groups in total. The lowest BCUT2D eigenvalue weighted by Gasteiger charge is -2.16. The third kappa shape index (κ3) is 4.68. The van der Waals surface area contributed by atoms with Crippen LogP contribution in [-0.2, 0) is 0 Å². The first-order chi connectivity index (χ1) is 17.1. The molecule has 0 spiro atoms. The van der Waals surface area contributed by atoms with Gasteiger partial charge in [-0.15, -0.1) is 0 Å². The molecule has 6 nitrogen and oxygen atoms in total. The van der Waals surface area contributed by atoms with Crippen molar-refractivity contribution in [2.75, 3.05) is 27.2 Å². The largest absolute Gasteiger partial charge is 0.341 e. The second-order valence-corrected chi connectivity index (χ2v) is 10.9. The fraction of sp³-hybridized carbons (Fsp3) is 0.357. The van der Waals surface area contributed by atoms with Crippen molar-refractivity contribution in [2.45, 2.75) is 47.6 Å². The van der Waals surface area contributed by atoms with Gasteiger partial charge >= 0.3 is 0 Å². The van der Waals surface area contributed by atoms with Crippen LogP contribution in [0.2, 0.25) is 0 Å². The molecular weight excluding hydrogens is 452 g/mol. The average molecular weight is 485 g/mol. The number of H-pyrrole nitrogens is 2. The second-order valence-electron chi connectivity index (χ2n) is 9.79. The van der Waals surface area contributed by atoms with Crippen molar-refractivity contribution >= 4 is 11.8 Å². The number of hydrogen-bond acceptors (Lipinski definition) is 5. The monoisotopic (exact) mass is 484 g/mol. The smallest absolute Gasteiger partial charge is 0.123 e. The Hall–Kier alpha value is -2.87. The van der Waals surface area contributed by atoms with Gasteiger partial charge in [-0.25, -0.2) is 9.97 Å². The Labute approximate surface area is 211 Å². The van der Waals surface area contributed by atoms with Gasteiger partial charge in [-0.05, 0) is 88.3 Å². The van der Waals surface area contributed by atoms with Crippen molar-refractivity contribution in [3.63, 3.8) is 0 Å². The van der Waals surface area contributed by atoms with E-state index in [0.29, 0.717) is 12.1 Å². The molecule has 0 saturated carbocycles. The molecule has 2 aliphatic heterocycles. The van der Waals surface area contributed by atoms with Crippen molar-refractivity contribution in [2.24, 2.45) is 0 Å². The number of benzene rings is 2. The Kier molecular flexibility index (Phi) is 6.22. The highest BCUT2D eigenvalue weighted by atomic mass is 32.2. The van der Waals surface area contributed by atoms with Gasteiger partial charge in [0.2, 0.25) is 0 Å². The van der Waals surface area contributed by atoms with E-state index in [9.17, 15) is 0 Å². The first kappa shape index (κ1) is 22.6. The van der Waals surface area contributed by atoms with E-state index in [4.69, 9.17) is 0 Å². The van der Waals surface area contributed by atoms with Crippen LogP contribution in [0.25, 0.3) is 22.5 Å². The van der Waals surface area contributed by atoms with Crippen LogP contribution in [0.15, 0.2) is 70.7 Å². The highest BCUT2D eigenvalue weighted by Crippen LogP contribution is 2.34. The number of rotatable bonds is 6. The van der Waals surface area contributed by atoms with Gasteiger partial charge in [0.1, 0.15) is 11.6 Å². The van der Waals surface area contributed by atoms with Gasteiger partial charge in [0.25, 0.3) is 0 Å². The van der Waals surface area contributed by atoms with E-state index >= 15 is 0 Å². The first-order valence-electron chi connectivity index (χ1n) is 12.5. The molecule has 2 aromatic carbocycles. The van der Waals surface area contributed by atoms with Crippen molar-refractivity contribution in [3.05, 3.63) is 72.6 Å². The minimum Gasteiger partial charge on any atom is -0.341 e. The van der Waals surface area contributed by atoms with Gasteiger partial charge in [-0.1, -0.05) is 36.0 Å². The predicted molar refractivity (Wildman–Crippen MR) is 141 cm³/mol. The van der Waals surface area contributed by atoms with Crippen LogP contribution in [-0.4, -0.2) is 56.9 Å². The normalized spacial score (nSPS) is 21.2. The second kappa shape index (κ2) is 9.64. The lowest BCUT2D eigenvalue weighted by Crippen LogP contribution is -2.18. The summed E-state index contributed by atoms with van der Waals surface area (Å²) in [7, 11) is 4.36. The molecule has 2 aliphatic rings. The van der Waals surface area contributed by atoms with Crippen LogP contribution in [0, 0.1) is 0 Å². The van der Waals surface area contributed by atoms with E-state index in [0.717, 1.165) is 36.1 Å². The highest BCUT2D eigenvalue weighted by molar-refractivity contribution is 7.99. The SMILES string of the molecule is CN1CCC[C@H]1c1ncc(-c2ccc(Sc3ccc(-c4cnc([C@@H]5CCCN5C)[nH]4)cc3)cc2)[nH]1. The molecule has 0 aliphatic carbocycles. The topological polar surface area (TPSA) is 63.8 Å². The van der Waals surface area contributed by atoms with Gasteiger partial charge in [0.05, 0.1) is 35.9 Å². The van der Waals surface area contributed by atoms with E-state index < -0.39 is 0 Å². The summed E-state index contributed by atoms with van der Waals surface area (Å²) in [4.78, 5) is 23.6. The Bertz CT molecular complexity index is 1180. The zero-order valence-electron chi connectivity index (χ0n) is 20.4. The van der Waals surface area contributed by atoms with Crippen LogP contribution in [0.1, 0.15) is 49.4 Å². The van der Waals surface area contributed by atoms with E-state index in [1.165, 1.54) is 46.6 Å². The van der Waals surface area contributed by atoms with Crippen molar-refractivity contribution in [1.29, 1.82) is 0 Å². The van der Waals surface area contributed by atoms with Gasteiger partial charge < -0.3 is 9.97 Å². The summed E-state index contributed by atoms with van der Waals surface area (Å²) in [6.07, 6.45) is 8.77. The molecular formula is C28H32N6S. The van der Waals surface area contributed by atoms with E-state index in [1.807, 2.05) is 12.4 Å². The van der Waals surface area contributed by atoms with Gasteiger partial charge in [0.15, 0.2) is 0 Å². The molecule has 6 rings (SSSR count). The molecule has 2 atom stereocenters. The van der Waals surface area contributed by atoms with E-state index in [1.54, 1.807) is 11.8 Å². The van der Waals surface area contributed by atoms with Crippen LogP contribution < -0.4 is 0 Å². The van der Waals surface area contributed by atoms with Gasteiger partial charge in [0, 0.05) is 9.79 Å². The molecule has 0 unspecified atom stereocenters. The molecule has 35 heavy (non-hydrogen) atoms. The van der Waals surface area contributed by atoms with Crippen molar-refractivity contribution < 1.29 is 0 Å². The number of likely N-dealkylation sites (tertiary alicyclic amines) is 2. The van der Waals surface area contributed by atoms with Crippen molar-refractivity contribution in [3.8, 4) is 22.5 Å². The van der Waals surface area contributed by atoms with Crippen LogP contribution >= 0.6 is 11.8 Å². The fourth-order valence-electron chi connectivity index (χ4n) is 5.36. The zero-order chi connectivity index (χ0) is 23.8. The van der Waals surface area contributed by atoms with Crippen LogP contribution in [0.5, 0.6) is 0 Å². The zero-order valence-corrected chi connectivity index (χ0v) is 21.2. The molecule has 7 heteroatoms. The summed E-state index contributed by atoms with van der Waals surface area (Å²) in [6.45, 7) is 2.29. The maximum Gasteiger partial charge on any atom is 0.123 e. The summed E-state index contributed by atoms with van der Waals surface area (Å²) < 4.78 is 0. The Balaban J connectivity index is 1.11. The summed E-state index contributed by atoms with van der Waals surface area (Å²) in [5.74, 6) is 2.16. The number of hydrogen-bond donors (Lipinski definition) is 2. The van der Waals surface area contributed by atoms with Crippen LogP contribution in [0.4, 0.5) is 0 Å². The quantitative estimate of drug-likeness (QED) is 0.344. The minimum absolute atomic E-state index is 0.416. The summed E-state index contributed by atoms with van der Waals surface area (Å²) in [5.41, 5.74) is 4.52. The number of aromatic nitrogens is 4. The molecule has 0 amide bonds. The summed E-state index contributed by atoms with van der Waals surface area (Å²) >= 11 is 1.78. The fourth-order valence-corrected chi connectivity index (χ4v) is 6.17. The molecule has 180 valence electrons. The van der Waals surface area contributed by atoms with Gasteiger partial charge in [-0.3, -0.25) is 9.80 Å². The van der Waals surface area contributed by atoms with Crippen molar-refractivity contribution in [1.82, 2.24) is 29.7 Å². The number of nitrogens with zero attached hydrogens (tertiary/aromatic N) is 4. The number of imidazole rings is 2. The molecule has 2 aromatic heterocycles. The Morgan fingerprint density at radius 3 is 1.49 bits per heavy atom. The summed E-state index contributed by atoms with van der Waals surface area (Å²) in [5, 5.41) is 0. The third-order valence-electron chi connectivity index (χ3n) is 7.43. The van der Waals surface area contributed by atoms with Gasteiger partial charge in [-0.2, -0.15) is 0 Å². The average Bonchev–Trinajstić information content (AvgIpc) is 3.67.